The average Bonchev–Trinajstić information content (AvgIpc) is 2.82. The van der Waals surface area contributed by atoms with Gasteiger partial charge < -0.3 is 15.2 Å². The number of hydrogen-bond donors (Lipinski definition) is 2. The Morgan fingerprint density at radius 3 is 2.39 bits per heavy atom. The fourth-order valence-corrected chi connectivity index (χ4v) is 2.91. The lowest BCUT2D eigenvalue weighted by atomic mass is 9.89. The summed E-state index contributed by atoms with van der Waals surface area (Å²) in [7, 11) is 0. The second-order valence-electron chi connectivity index (χ2n) is 5.40. The predicted molar refractivity (Wildman–Crippen MR) is 65.1 cm³/mol. The summed E-state index contributed by atoms with van der Waals surface area (Å²) in [4.78, 5) is 23.3. The predicted octanol–water partition coefficient (Wildman–Crippen LogP) is 1.32. The maximum absolute atomic E-state index is 12.0. The van der Waals surface area contributed by atoms with E-state index in [1.165, 1.54) is 12.8 Å². The molecule has 0 radical (unpaired) electrons. The van der Waals surface area contributed by atoms with Gasteiger partial charge >= 0.3 is 5.97 Å². The highest BCUT2D eigenvalue weighted by molar-refractivity contribution is 5.87. The van der Waals surface area contributed by atoms with Crippen LogP contribution in [-0.4, -0.2) is 35.7 Å². The number of carboxylic acid groups (broad SMARTS) is 1. The van der Waals surface area contributed by atoms with Crippen molar-refractivity contribution in [3.05, 3.63) is 0 Å². The first-order valence-corrected chi connectivity index (χ1v) is 6.74. The number of rotatable bonds is 4. The molecule has 1 saturated carbocycles. The first-order valence-electron chi connectivity index (χ1n) is 6.74. The molecule has 18 heavy (non-hydrogen) atoms. The van der Waals surface area contributed by atoms with Gasteiger partial charge in [0.1, 0.15) is 5.54 Å². The first-order chi connectivity index (χ1) is 8.62. The van der Waals surface area contributed by atoms with Crippen molar-refractivity contribution < 1.29 is 19.4 Å². The molecule has 0 unspecified atom stereocenters. The number of nitrogens with one attached hydrogen (secondary N) is 1. The SMILES string of the molecule is O=C(CC1CCCC1)NC1(C(=O)O)CCOCC1. The number of carboxylic acids is 1. The van der Waals surface area contributed by atoms with Crippen LogP contribution in [0.4, 0.5) is 0 Å². The first kappa shape index (κ1) is 13.3. The van der Waals surface area contributed by atoms with Crippen LogP contribution >= 0.6 is 0 Å². The minimum Gasteiger partial charge on any atom is -0.480 e. The van der Waals surface area contributed by atoms with E-state index in [1.54, 1.807) is 0 Å². The normalized spacial score (nSPS) is 23.8. The number of aliphatic carboxylic acids is 1. The highest BCUT2D eigenvalue weighted by atomic mass is 16.5. The smallest absolute Gasteiger partial charge is 0.329 e. The molecule has 1 heterocycles. The van der Waals surface area contributed by atoms with Crippen LogP contribution in [0.5, 0.6) is 0 Å². The molecule has 5 nitrogen and oxygen atoms in total. The molecule has 0 spiro atoms. The largest absolute Gasteiger partial charge is 0.480 e. The summed E-state index contributed by atoms with van der Waals surface area (Å²) in [5.41, 5.74) is -1.10. The van der Waals surface area contributed by atoms with Crippen LogP contribution in [0.1, 0.15) is 44.9 Å². The van der Waals surface area contributed by atoms with Crippen molar-refractivity contribution in [2.24, 2.45) is 5.92 Å². The molecule has 5 heteroatoms. The molecular weight excluding hydrogens is 234 g/mol. The third kappa shape index (κ3) is 3.02. The Morgan fingerprint density at radius 1 is 1.22 bits per heavy atom. The molecule has 2 fully saturated rings. The molecular formula is C13H21NO4. The summed E-state index contributed by atoms with van der Waals surface area (Å²) in [6, 6.07) is 0. The van der Waals surface area contributed by atoms with Crippen LogP contribution in [0.25, 0.3) is 0 Å². The van der Waals surface area contributed by atoms with Gasteiger partial charge in [-0.1, -0.05) is 12.8 Å². The van der Waals surface area contributed by atoms with Crippen LogP contribution in [0.15, 0.2) is 0 Å². The molecule has 1 aliphatic heterocycles. The molecule has 2 rings (SSSR count). The molecule has 0 bridgehead atoms. The molecule has 102 valence electrons. The van der Waals surface area contributed by atoms with Gasteiger partial charge in [0.15, 0.2) is 0 Å². The van der Waals surface area contributed by atoms with Gasteiger partial charge in [-0.05, 0) is 18.8 Å². The number of amides is 1. The second kappa shape index (κ2) is 5.69. The van der Waals surface area contributed by atoms with Crippen LogP contribution < -0.4 is 5.32 Å². The van der Waals surface area contributed by atoms with E-state index < -0.39 is 11.5 Å². The van der Waals surface area contributed by atoms with Gasteiger partial charge in [0.25, 0.3) is 0 Å². The van der Waals surface area contributed by atoms with Gasteiger partial charge in [0.2, 0.25) is 5.91 Å². The Labute approximate surface area is 107 Å². The zero-order valence-electron chi connectivity index (χ0n) is 10.6. The maximum Gasteiger partial charge on any atom is 0.329 e. The fraction of sp³-hybridized carbons (Fsp3) is 0.846. The third-order valence-electron chi connectivity index (χ3n) is 4.08. The highest BCUT2D eigenvalue weighted by Gasteiger charge is 2.41. The maximum atomic E-state index is 12.0. The highest BCUT2D eigenvalue weighted by Crippen LogP contribution is 2.28. The van der Waals surface area contributed by atoms with Crippen molar-refractivity contribution in [3.8, 4) is 0 Å². The molecule has 2 N–H and O–H groups in total. The van der Waals surface area contributed by atoms with Gasteiger partial charge in [0.05, 0.1) is 0 Å². The van der Waals surface area contributed by atoms with Gasteiger partial charge in [-0.25, -0.2) is 4.79 Å². The van der Waals surface area contributed by atoms with E-state index in [-0.39, 0.29) is 5.91 Å². The summed E-state index contributed by atoms with van der Waals surface area (Å²) in [5.74, 6) is -0.618. The van der Waals surface area contributed by atoms with Crippen molar-refractivity contribution >= 4 is 11.9 Å². The lowest BCUT2D eigenvalue weighted by Gasteiger charge is -2.34. The summed E-state index contributed by atoms with van der Waals surface area (Å²) in [6.07, 6.45) is 5.76. The molecule has 0 aromatic heterocycles. The number of carbonyl (C=O) groups is 2. The van der Waals surface area contributed by atoms with Gasteiger partial charge in [-0.15, -0.1) is 0 Å². The minimum absolute atomic E-state index is 0.119. The molecule has 0 atom stereocenters. The monoisotopic (exact) mass is 255 g/mol. The van der Waals surface area contributed by atoms with E-state index in [1.807, 2.05) is 0 Å². The second-order valence-corrected chi connectivity index (χ2v) is 5.40. The van der Waals surface area contributed by atoms with Crippen molar-refractivity contribution in [3.63, 3.8) is 0 Å². The van der Waals surface area contributed by atoms with E-state index in [2.05, 4.69) is 5.32 Å². The molecule has 0 aromatic rings. The zero-order valence-corrected chi connectivity index (χ0v) is 10.6. The lowest BCUT2D eigenvalue weighted by Crippen LogP contribution is -2.57. The number of ether oxygens (including phenoxy) is 1. The lowest BCUT2D eigenvalue weighted by molar-refractivity contribution is -0.152. The van der Waals surface area contributed by atoms with Crippen LogP contribution in [0.3, 0.4) is 0 Å². The van der Waals surface area contributed by atoms with Gasteiger partial charge in [-0.2, -0.15) is 0 Å². The van der Waals surface area contributed by atoms with Crippen molar-refractivity contribution in [1.29, 1.82) is 0 Å². The zero-order chi connectivity index (χ0) is 13.0. The van der Waals surface area contributed by atoms with Gasteiger partial charge in [0, 0.05) is 32.5 Å². The Bertz CT molecular complexity index is 317. The Balaban J connectivity index is 1.91. The van der Waals surface area contributed by atoms with Crippen LogP contribution in [0, 0.1) is 5.92 Å². The topological polar surface area (TPSA) is 75.6 Å². The fourth-order valence-electron chi connectivity index (χ4n) is 2.91. The quantitative estimate of drug-likeness (QED) is 0.794. The van der Waals surface area contributed by atoms with Crippen molar-refractivity contribution in [2.75, 3.05) is 13.2 Å². The van der Waals surface area contributed by atoms with E-state index >= 15 is 0 Å². The molecule has 1 saturated heterocycles. The minimum atomic E-state index is -1.10. The van der Waals surface area contributed by atoms with E-state index in [0.717, 1.165) is 12.8 Å². The Morgan fingerprint density at radius 2 is 1.83 bits per heavy atom. The van der Waals surface area contributed by atoms with E-state index in [4.69, 9.17) is 4.74 Å². The summed E-state index contributed by atoms with van der Waals surface area (Å²) in [6.45, 7) is 0.798. The summed E-state index contributed by atoms with van der Waals surface area (Å²) < 4.78 is 5.18. The Hall–Kier alpha value is -1.10. The number of carbonyl (C=O) groups excluding carboxylic acids is 1. The van der Waals surface area contributed by atoms with Crippen LogP contribution in [-0.2, 0) is 14.3 Å². The molecule has 1 aliphatic carbocycles. The van der Waals surface area contributed by atoms with E-state index in [0.29, 0.717) is 38.4 Å². The third-order valence-corrected chi connectivity index (χ3v) is 4.08. The summed E-state index contributed by atoms with van der Waals surface area (Å²) >= 11 is 0. The average molecular weight is 255 g/mol. The van der Waals surface area contributed by atoms with Crippen molar-refractivity contribution in [1.82, 2.24) is 5.32 Å². The number of hydrogen-bond acceptors (Lipinski definition) is 3. The van der Waals surface area contributed by atoms with E-state index in [9.17, 15) is 14.7 Å². The van der Waals surface area contributed by atoms with Crippen LogP contribution in [0.2, 0.25) is 0 Å². The van der Waals surface area contributed by atoms with Gasteiger partial charge in [-0.3, -0.25) is 4.79 Å². The standard InChI is InChI=1S/C13H21NO4/c15-11(9-10-3-1-2-4-10)14-13(12(16)17)5-7-18-8-6-13/h10H,1-9H2,(H,14,15)(H,16,17). The Kier molecular flexibility index (Phi) is 4.22. The molecule has 1 amide bonds. The molecule has 2 aliphatic rings. The molecule has 0 aromatic carbocycles. The van der Waals surface area contributed by atoms with Crippen molar-refractivity contribution in [2.45, 2.75) is 50.5 Å². The summed E-state index contributed by atoms with van der Waals surface area (Å²) in [5, 5.41) is 12.1.